The van der Waals surface area contributed by atoms with Gasteiger partial charge in [-0.25, -0.2) is 8.78 Å². The van der Waals surface area contributed by atoms with Gasteiger partial charge in [-0.2, -0.15) is 4.39 Å². The Morgan fingerprint density at radius 1 is 1.20 bits per heavy atom. The summed E-state index contributed by atoms with van der Waals surface area (Å²) < 4.78 is 43.8. The SMILES string of the molecule is COc1c(C(C)(C)N)cc(F)c(F)c1F. The maximum absolute atomic E-state index is 13.3. The van der Waals surface area contributed by atoms with E-state index in [4.69, 9.17) is 5.73 Å². The fraction of sp³-hybridized carbons (Fsp3) is 0.400. The fourth-order valence-corrected chi connectivity index (χ4v) is 1.26. The molecule has 0 saturated carbocycles. The second kappa shape index (κ2) is 3.73. The van der Waals surface area contributed by atoms with Crippen LogP contribution in [-0.4, -0.2) is 7.11 Å². The van der Waals surface area contributed by atoms with Crippen molar-refractivity contribution < 1.29 is 17.9 Å². The molecule has 2 N–H and O–H groups in total. The number of ether oxygens (including phenoxy) is 1. The Labute approximate surface area is 85.8 Å². The quantitative estimate of drug-likeness (QED) is 0.774. The first-order chi connectivity index (χ1) is 6.79. The van der Waals surface area contributed by atoms with E-state index in [2.05, 4.69) is 4.74 Å². The van der Waals surface area contributed by atoms with Crippen LogP contribution in [0.15, 0.2) is 6.07 Å². The molecule has 0 radical (unpaired) electrons. The largest absolute Gasteiger partial charge is 0.493 e. The van der Waals surface area contributed by atoms with Crippen molar-refractivity contribution in [2.24, 2.45) is 5.73 Å². The van der Waals surface area contributed by atoms with Gasteiger partial charge in [0, 0.05) is 11.1 Å². The van der Waals surface area contributed by atoms with E-state index in [9.17, 15) is 13.2 Å². The molecule has 0 fully saturated rings. The van der Waals surface area contributed by atoms with E-state index in [-0.39, 0.29) is 11.3 Å². The summed E-state index contributed by atoms with van der Waals surface area (Å²) in [7, 11) is 1.17. The molecule has 0 heterocycles. The second-order valence-corrected chi connectivity index (χ2v) is 3.79. The summed E-state index contributed by atoms with van der Waals surface area (Å²) in [5.74, 6) is -4.55. The van der Waals surface area contributed by atoms with Gasteiger partial charge in [0.05, 0.1) is 7.11 Å². The summed E-state index contributed by atoms with van der Waals surface area (Å²) in [5.41, 5.74) is 4.76. The van der Waals surface area contributed by atoms with Crippen LogP contribution in [0.1, 0.15) is 19.4 Å². The molecule has 0 saturated heterocycles. The van der Waals surface area contributed by atoms with Crippen molar-refractivity contribution in [1.29, 1.82) is 0 Å². The molecule has 0 unspecified atom stereocenters. The van der Waals surface area contributed by atoms with Crippen molar-refractivity contribution in [3.63, 3.8) is 0 Å². The van der Waals surface area contributed by atoms with Gasteiger partial charge in [0.2, 0.25) is 5.82 Å². The molecule has 84 valence electrons. The summed E-state index contributed by atoms with van der Waals surface area (Å²) in [6.07, 6.45) is 0. The van der Waals surface area contributed by atoms with Gasteiger partial charge in [-0.15, -0.1) is 0 Å². The van der Waals surface area contributed by atoms with Crippen LogP contribution < -0.4 is 10.5 Å². The minimum absolute atomic E-state index is 0.0846. The van der Waals surface area contributed by atoms with Crippen molar-refractivity contribution >= 4 is 0 Å². The molecule has 1 aromatic rings. The van der Waals surface area contributed by atoms with E-state index in [0.717, 1.165) is 6.07 Å². The Morgan fingerprint density at radius 3 is 2.13 bits per heavy atom. The Morgan fingerprint density at radius 2 is 1.73 bits per heavy atom. The summed E-state index contributed by atoms with van der Waals surface area (Å²) in [4.78, 5) is 0. The van der Waals surface area contributed by atoms with E-state index in [1.807, 2.05) is 0 Å². The smallest absolute Gasteiger partial charge is 0.204 e. The van der Waals surface area contributed by atoms with E-state index in [1.165, 1.54) is 7.11 Å². The first-order valence-electron chi connectivity index (χ1n) is 4.30. The molecule has 0 atom stereocenters. The number of benzene rings is 1. The molecule has 0 spiro atoms. The lowest BCUT2D eigenvalue weighted by molar-refractivity contribution is 0.344. The predicted octanol–water partition coefficient (Wildman–Crippen LogP) is 2.31. The normalized spacial score (nSPS) is 11.7. The van der Waals surface area contributed by atoms with E-state index < -0.39 is 23.0 Å². The molecule has 15 heavy (non-hydrogen) atoms. The third kappa shape index (κ3) is 2.07. The number of halogens is 3. The Hall–Kier alpha value is -1.23. The van der Waals surface area contributed by atoms with Gasteiger partial charge in [-0.1, -0.05) is 0 Å². The maximum Gasteiger partial charge on any atom is 0.204 e. The first-order valence-corrected chi connectivity index (χ1v) is 4.30. The molecule has 0 bridgehead atoms. The first kappa shape index (κ1) is 11.8. The second-order valence-electron chi connectivity index (χ2n) is 3.79. The number of methoxy groups -OCH3 is 1. The van der Waals surface area contributed by atoms with Gasteiger partial charge in [-0.3, -0.25) is 0 Å². The zero-order chi connectivity index (χ0) is 11.8. The zero-order valence-corrected chi connectivity index (χ0v) is 8.70. The minimum Gasteiger partial charge on any atom is -0.493 e. The van der Waals surface area contributed by atoms with Crippen LogP contribution in [-0.2, 0) is 5.54 Å². The summed E-state index contributed by atoms with van der Waals surface area (Å²) in [6.45, 7) is 3.09. The lowest BCUT2D eigenvalue weighted by atomic mass is 9.94. The molecule has 1 aromatic carbocycles. The molecule has 0 aliphatic carbocycles. The number of hydrogen-bond donors (Lipinski definition) is 1. The summed E-state index contributed by atoms with van der Waals surface area (Å²) >= 11 is 0. The van der Waals surface area contributed by atoms with Crippen molar-refractivity contribution in [1.82, 2.24) is 0 Å². The van der Waals surface area contributed by atoms with Crippen LogP contribution >= 0.6 is 0 Å². The van der Waals surface area contributed by atoms with Gasteiger partial charge in [0.1, 0.15) is 0 Å². The van der Waals surface area contributed by atoms with Crippen molar-refractivity contribution in [2.45, 2.75) is 19.4 Å². The molecule has 0 aromatic heterocycles. The van der Waals surface area contributed by atoms with Gasteiger partial charge < -0.3 is 10.5 Å². The van der Waals surface area contributed by atoms with Crippen LogP contribution in [0, 0.1) is 17.5 Å². The predicted molar refractivity (Wildman–Crippen MR) is 50.1 cm³/mol. The van der Waals surface area contributed by atoms with E-state index >= 15 is 0 Å². The van der Waals surface area contributed by atoms with Gasteiger partial charge >= 0.3 is 0 Å². The van der Waals surface area contributed by atoms with Gasteiger partial charge in [0.25, 0.3) is 0 Å². The average molecular weight is 219 g/mol. The number of hydrogen-bond acceptors (Lipinski definition) is 2. The van der Waals surface area contributed by atoms with Crippen molar-refractivity contribution in [3.05, 3.63) is 29.1 Å². The Balaban J connectivity index is 3.53. The zero-order valence-electron chi connectivity index (χ0n) is 8.70. The fourth-order valence-electron chi connectivity index (χ4n) is 1.26. The van der Waals surface area contributed by atoms with Crippen LogP contribution in [0.25, 0.3) is 0 Å². The Kier molecular flexibility index (Phi) is 2.95. The average Bonchev–Trinajstić information content (AvgIpc) is 2.12. The molecule has 2 nitrogen and oxygen atoms in total. The van der Waals surface area contributed by atoms with E-state index in [0.29, 0.717) is 0 Å². The van der Waals surface area contributed by atoms with Crippen molar-refractivity contribution in [3.8, 4) is 5.75 Å². The molecule has 0 aliphatic heterocycles. The molecule has 0 aliphatic rings. The molecular weight excluding hydrogens is 207 g/mol. The number of nitrogens with two attached hydrogens (primary N) is 1. The highest BCUT2D eigenvalue weighted by Crippen LogP contribution is 2.33. The summed E-state index contributed by atoms with van der Waals surface area (Å²) in [6, 6.07) is 0.844. The van der Waals surface area contributed by atoms with Gasteiger partial charge in [0.15, 0.2) is 17.4 Å². The maximum atomic E-state index is 13.3. The highest BCUT2D eigenvalue weighted by atomic mass is 19.2. The summed E-state index contributed by atoms with van der Waals surface area (Å²) in [5, 5.41) is 0. The topological polar surface area (TPSA) is 35.2 Å². The van der Waals surface area contributed by atoms with Crippen LogP contribution in [0.3, 0.4) is 0 Å². The van der Waals surface area contributed by atoms with Crippen LogP contribution in [0.2, 0.25) is 0 Å². The lowest BCUT2D eigenvalue weighted by Gasteiger charge is -2.22. The van der Waals surface area contributed by atoms with E-state index in [1.54, 1.807) is 13.8 Å². The number of rotatable bonds is 2. The van der Waals surface area contributed by atoms with Crippen LogP contribution in [0.5, 0.6) is 5.75 Å². The lowest BCUT2D eigenvalue weighted by Crippen LogP contribution is -2.30. The van der Waals surface area contributed by atoms with Crippen LogP contribution in [0.4, 0.5) is 13.2 Å². The monoisotopic (exact) mass is 219 g/mol. The standard InChI is InChI=1S/C10H12F3NO/c1-10(2,14)5-4-6(11)7(12)8(13)9(5)15-3/h4H,14H2,1-3H3. The molecule has 5 heteroatoms. The molecule has 1 rings (SSSR count). The highest BCUT2D eigenvalue weighted by Gasteiger charge is 2.26. The third-order valence-corrected chi connectivity index (χ3v) is 2.02. The molecule has 0 amide bonds. The van der Waals surface area contributed by atoms with Gasteiger partial charge in [-0.05, 0) is 19.9 Å². The van der Waals surface area contributed by atoms with Crippen molar-refractivity contribution in [2.75, 3.05) is 7.11 Å². The molecular formula is C10H12F3NO. The highest BCUT2D eigenvalue weighted by molar-refractivity contribution is 5.40. The Bertz CT molecular complexity index is 385. The minimum atomic E-state index is -1.56. The third-order valence-electron chi connectivity index (χ3n) is 2.02.